The molecule has 2 aromatic carbocycles. The monoisotopic (exact) mass is 486 g/mol. The number of ether oxygens (including phenoxy) is 2. The van der Waals surface area contributed by atoms with Crippen molar-refractivity contribution in [3.63, 3.8) is 0 Å². The summed E-state index contributed by atoms with van der Waals surface area (Å²) < 4.78 is 18.7. The number of carbonyl (C=O) groups is 1. The molecular formula is C28H30N4O4. The highest BCUT2D eigenvalue weighted by Gasteiger charge is 2.17. The summed E-state index contributed by atoms with van der Waals surface area (Å²) in [5.74, 6) is 1.18. The van der Waals surface area contributed by atoms with Crippen LogP contribution in [0.15, 0.2) is 53.2 Å². The molecule has 36 heavy (non-hydrogen) atoms. The summed E-state index contributed by atoms with van der Waals surface area (Å²) in [6.45, 7) is 7.03. The lowest BCUT2D eigenvalue weighted by Crippen LogP contribution is -2.14. The molecule has 0 fully saturated rings. The van der Waals surface area contributed by atoms with Gasteiger partial charge in [0.05, 0.1) is 18.3 Å². The number of aromatic nitrogens is 3. The molecule has 2 aromatic heterocycles. The molecule has 186 valence electrons. The van der Waals surface area contributed by atoms with Crippen molar-refractivity contribution in [2.75, 3.05) is 6.61 Å². The molecule has 8 nitrogen and oxygen atoms in total. The number of esters is 1. The Morgan fingerprint density at radius 3 is 2.75 bits per heavy atom. The summed E-state index contributed by atoms with van der Waals surface area (Å²) >= 11 is 0. The van der Waals surface area contributed by atoms with Gasteiger partial charge in [-0.2, -0.15) is 10.2 Å². The quantitative estimate of drug-likeness (QED) is 0.235. The van der Waals surface area contributed by atoms with E-state index >= 15 is 0 Å². The topological polar surface area (TPSA) is 103 Å². The molecule has 0 aliphatic rings. The van der Waals surface area contributed by atoms with Crippen molar-refractivity contribution in [2.45, 2.75) is 59.1 Å². The fourth-order valence-electron chi connectivity index (χ4n) is 4.18. The molecule has 2 heterocycles. The van der Waals surface area contributed by atoms with Gasteiger partial charge in [-0.25, -0.2) is 0 Å². The molecule has 0 radical (unpaired) electrons. The Hall–Kier alpha value is -4.12. The van der Waals surface area contributed by atoms with E-state index in [2.05, 4.69) is 34.6 Å². The molecule has 0 amide bonds. The third-order valence-corrected chi connectivity index (χ3v) is 6.12. The largest absolute Gasteiger partial charge is 0.489 e. The van der Waals surface area contributed by atoms with Crippen molar-refractivity contribution in [1.29, 1.82) is 5.26 Å². The molecule has 0 aliphatic carbocycles. The Bertz CT molecular complexity index is 1380. The van der Waals surface area contributed by atoms with E-state index in [1.54, 1.807) is 12.1 Å². The van der Waals surface area contributed by atoms with Gasteiger partial charge in [0.15, 0.2) is 0 Å². The summed E-state index contributed by atoms with van der Waals surface area (Å²) in [4.78, 5) is 16.3. The molecule has 4 aromatic rings. The average Bonchev–Trinajstić information content (AvgIpc) is 3.55. The average molecular weight is 487 g/mol. The van der Waals surface area contributed by atoms with E-state index < -0.39 is 0 Å². The molecule has 8 heteroatoms. The van der Waals surface area contributed by atoms with Crippen molar-refractivity contribution >= 4 is 16.9 Å². The van der Waals surface area contributed by atoms with Gasteiger partial charge >= 0.3 is 5.97 Å². The van der Waals surface area contributed by atoms with Crippen LogP contribution in [0, 0.1) is 11.3 Å². The fourth-order valence-corrected chi connectivity index (χ4v) is 4.18. The first-order valence-corrected chi connectivity index (χ1v) is 12.4. The van der Waals surface area contributed by atoms with Crippen LogP contribution in [-0.4, -0.2) is 33.4 Å². The minimum absolute atomic E-state index is 0.0657. The Morgan fingerprint density at radius 2 is 2.00 bits per heavy atom. The Balaban J connectivity index is 1.56. The van der Waals surface area contributed by atoms with Gasteiger partial charge in [0.1, 0.15) is 11.8 Å². The Morgan fingerprint density at radius 1 is 1.17 bits per heavy atom. The Labute approximate surface area is 210 Å². The smallest absolute Gasteiger partial charge is 0.305 e. The molecular weight excluding hydrogens is 456 g/mol. The summed E-state index contributed by atoms with van der Waals surface area (Å²) in [5, 5.41) is 14.8. The van der Waals surface area contributed by atoms with Crippen LogP contribution in [0.4, 0.5) is 0 Å². The van der Waals surface area contributed by atoms with Gasteiger partial charge in [-0.3, -0.25) is 4.79 Å². The van der Waals surface area contributed by atoms with Crippen LogP contribution < -0.4 is 4.74 Å². The first-order chi connectivity index (χ1) is 17.6. The number of hydrogen-bond donors (Lipinski definition) is 0. The number of hydrogen-bond acceptors (Lipinski definition) is 7. The zero-order chi connectivity index (χ0) is 25.5. The molecule has 0 N–H and O–H groups in total. The third-order valence-electron chi connectivity index (χ3n) is 6.12. The predicted octanol–water partition coefficient (Wildman–Crippen LogP) is 6.14. The third kappa shape index (κ3) is 5.41. The van der Waals surface area contributed by atoms with Crippen LogP contribution in [-0.2, 0) is 16.1 Å². The first kappa shape index (κ1) is 25.0. The molecule has 0 aliphatic heterocycles. The van der Waals surface area contributed by atoms with E-state index in [-0.39, 0.29) is 12.1 Å². The van der Waals surface area contributed by atoms with Crippen molar-refractivity contribution in [2.24, 2.45) is 0 Å². The highest BCUT2D eigenvalue weighted by atomic mass is 16.5. The Kier molecular flexibility index (Phi) is 8.01. The highest BCUT2D eigenvalue weighted by Crippen LogP contribution is 2.31. The minimum Gasteiger partial charge on any atom is -0.489 e. The molecule has 0 bridgehead atoms. The molecule has 0 spiro atoms. The molecule has 0 saturated heterocycles. The molecule has 0 atom stereocenters. The number of aryl methyl sites for hydroxylation is 1. The maximum atomic E-state index is 11.6. The van der Waals surface area contributed by atoms with Gasteiger partial charge in [0.2, 0.25) is 5.82 Å². The molecule has 0 unspecified atom stereocenters. The summed E-state index contributed by atoms with van der Waals surface area (Å²) in [6.07, 6.45) is 4.88. The van der Waals surface area contributed by atoms with Gasteiger partial charge in [-0.05, 0) is 56.5 Å². The number of carbonyl (C=O) groups excluding carboxylic acids is 1. The van der Waals surface area contributed by atoms with Crippen LogP contribution in [0.5, 0.6) is 5.75 Å². The maximum Gasteiger partial charge on any atom is 0.305 e. The molecule has 4 rings (SSSR count). The van der Waals surface area contributed by atoms with Crippen LogP contribution >= 0.6 is 0 Å². The highest BCUT2D eigenvalue weighted by molar-refractivity contribution is 5.94. The van der Waals surface area contributed by atoms with Gasteiger partial charge in [0, 0.05) is 41.2 Å². The summed E-state index contributed by atoms with van der Waals surface area (Å²) in [7, 11) is 0. The fraction of sp³-hybridized carbons (Fsp3) is 0.357. The zero-order valence-corrected chi connectivity index (χ0v) is 20.9. The van der Waals surface area contributed by atoms with E-state index in [0.717, 1.165) is 29.3 Å². The summed E-state index contributed by atoms with van der Waals surface area (Å²) in [6, 6.07) is 15.5. The second-order valence-electron chi connectivity index (χ2n) is 8.46. The van der Waals surface area contributed by atoms with Crippen molar-refractivity contribution < 1.29 is 18.8 Å². The van der Waals surface area contributed by atoms with E-state index in [1.165, 1.54) is 0 Å². The van der Waals surface area contributed by atoms with Crippen molar-refractivity contribution in [1.82, 2.24) is 14.7 Å². The second-order valence-corrected chi connectivity index (χ2v) is 8.46. The van der Waals surface area contributed by atoms with Gasteiger partial charge < -0.3 is 18.6 Å². The lowest BCUT2D eigenvalue weighted by Gasteiger charge is -2.16. The van der Waals surface area contributed by atoms with Crippen LogP contribution in [0.2, 0.25) is 0 Å². The number of benzene rings is 2. The summed E-state index contributed by atoms with van der Waals surface area (Å²) in [5.41, 5.74) is 2.96. The van der Waals surface area contributed by atoms with Crippen LogP contribution in [0.3, 0.4) is 0 Å². The zero-order valence-electron chi connectivity index (χ0n) is 20.9. The lowest BCUT2D eigenvalue weighted by molar-refractivity contribution is -0.143. The minimum atomic E-state index is -0.177. The van der Waals surface area contributed by atoms with Gasteiger partial charge in [-0.15, -0.1) is 0 Å². The van der Waals surface area contributed by atoms with Gasteiger partial charge in [-0.1, -0.05) is 31.1 Å². The van der Waals surface area contributed by atoms with E-state index in [9.17, 15) is 10.1 Å². The van der Waals surface area contributed by atoms with E-state index in [1.807, 2.05) is 43.5 Å². The predicted molar refractivity (Wildman–Crippen MR) is 136 cm³/mol. The van der Waals surface area contributed by atoms with E-state index in [0.29, 0.717) is 54.6 Å². The standard InChI is InChI=1S/C28H30N4O4/c1-4-21(5-2)35-25-13-12-19(17-20(25)18-29)28-30-27(31-36-28)23-9-7-10-24-22(23)14-16-32(24)15-8-11-26(33)34-6-3/h7,9-10,12-14,16-17,21H,4-6,8,11,15H2,1-3H3. The van der Waals surface area contributed by atoms with Crippen molar-refractivity contribution in [3.05, 3.63) is 54.2 Å². The molecule has 0 saturated carbocycles. The normalized spacial score (nSPS) is 11.1. The number of nitriles is 1. The maximum absolute atomic E-state index is 11.6. The number of fused-ring (bicyclic) bond motifs is 1. The first-order valence-electron chi connectivity index (χ1n) is 12.4. The second kappa shape index (κ2) is 11.5. The lowest BCUT2D eigenvalue weighted by atomic mass is 10.1. The van der Waals surface area contributed by atoms with Gasteiger partial charge in [0.25, 0.3) is 5.89 Å². The van der Waals surface area contributed by atoms with Crippen LogP contribution in [0.25, 0.3) is 33.7 Å². The number of nitrogens with zero attached hydrogens (tertiary/aromatic N) is 4. The van der Waals surface area contributed by atoms with E-state index in [4.69, 9.17) is 14.0 Å². The number of rotatable bonds is 11. The van der Waals surface area contributed by atoms with Crippen LogP contribution in [0.1, 0.15) is 52.0 Å². The SMILES string of the molecule is CCOC(=O)CCCn1ccc2c(-c3noc(-c4ccc(OC(CC)CC)c(C#N)c4)n3)cccc21. The van der Waals surface area contributed by atoms with Crippen molar-refractivity contribution in [3.8, 4) is 34.7 Å².